The Kier molecular flexibility index (Phi) is 5.67. The molecule has 3 unspecified atom stereocenters. The minimum atomic E-state index is -1.05. The first-order chi connectivity index (χ1) is 16.1. The molecule has 3 atom stereocenters. The first-order valence-corrected chi connectivity index (χ1v) is 13.7. The van der Waals surface area contributed by atoms with Crippen molar-refractivity contribution in [3.63, 3.8) is 0 Å². The van der Waals surface area contributed by atoms with E-state index in [-0.39, 0.29) is 23.4 Å². The number of carbonyl (C=O) groups is 1. The van der Waals surface area contributed by atoms with Crippen LogP contribution in [0.4, 0.5) is 11.8 Å². The molecule has 4 fully saturated rings. The average Bonchev–Trinajstić information content (AvgIpc) is 3.50. The Morgan fingerprint density at radius 1 is 1.09 bits per heavy atom. The number of carbonyl (C=O) groups excluding carboxylic acids is 1. The third-order valence-corrected chi connectivity index (χ3v) is 9.96. The van der Waals surface area contributed by atoms with Crippen LogP contribution in [0, 0.1) is 5.92 Å². The van der Waals surface area contributed by atoms with Gasteiger partial charge in [0.2, 0.25) is 11.9 Å². The molecule has 10 heteroatoms. The number of piperidine rings is 1. The van der Waals surface area contributed by atoms with Crippen LogP contribution in [-0.4, -0.2) is 80.0 Å². The van der Waals surface area contributed by atoms with Crippen LogP contribution >= 0.6 is 0 Å². The highest BCUT2D eigenvalue weighted by atomic mass is 32.2. The first kappa shape index (κ1) is 21.9. The lowest BCUT2D eigenvalue weighted by molar-refractivity contribution is -0.120. The summed E-state index contributed by atoms with van der Waals surface area (Å²) in [6.07, 6.45) is 9.00. The SMILES string of the molecule is CC1CCCC1N1C(=O)C2(CC2)c2cnc(NC3CCN(S(=O)N4CCNCC4)CC3)nc21. The smallest absolute Gasteiger partial charge is 0.239 e. The molecular weight excluding hydrogens is 438 g/mol. The molecule has 1 aromatic heterocycles. The molecule has 1 spiro atoms. The number of rotatable bonds is 5. The van der Waals surface area contributed by atoms with E-state index in [1.807, 2.05) is 11.1 Å². The zero-order valence-electron chi connectivity index (χ0n) is 19.5. The van der Waals surface area contributed by atoms with E-state index in [2.05, 4.69) is 31.2 Å². The second-order valence-corrected chi connectivity index (χ2v) is 11.9. The summed E-state index contributed by atoms with van der Waals surface area (Å²) >= 11 is -1.05. The largest absolute Gasteiger partial charge is 0.351 e. The maximum absolute atomic E-state index is 13.4. The van der Waals surface area contributed by atoms with Crippen LogP contribution in [0.15, 0.2) is 6.20 Å². The summed E-state index contributed by atoms with van der Waals surface area (Å²) in [7, 11) is 0. The van der Waals surface area contributed by atoms with Crippen molar-refractivity contribution in [1.29, 1.82) is 0 Å². The molecule has 1 aromatic rings. The molecule has 9 nitrogen and oxygen atoms in total. The quantitative estimate of drug-likeness (QED) is 0.672. The van der Waals surface area contributed by atoms with Gasteiger partial charge < -0.3 is 10.6 Å². The van der Waals surface area contributed by atoms with Gasteiger partial charge in [0.15, 0.2) is 11.2 Å². The van der Waals surface area contributed by atoms with Gasteiger partial charge in [-0.3, -0.25) is 9.69 Å². The molecule has 1 amide bonds. The molecule has 2 aliphatic carbocycles. The lowest BCUT2D eigenvalue weighted by atomic mass is 10.0. The zero-order valence-corrected chi connectivity index (χ0v) is 20.3. The highest BCUT2D eigenvalue weighted by Crippen LogP contribution is 2.58. The van der Waals surface area contributed by atoms with Gasteiger partial charge in [-0.05, 0) is 44.4 Å². The van der Waals surface area contributed by atoms with Gasteiger partial charge >= 0.3 is 0 Å². The summed E-state index contributed by atoms with van der Waals surface area (Å²) in [5.74, 6) is 2.25. The van der Waals surface area contributed by atoms with Crippen molar-refractivity contribution in [1.82, 2.24) is 23.9 Å². The number of hydrogen-bond donors (Lipinski definition) is 2. The Morgan fingerprint density at radius 3 is 2.48 bits per heavy atom. The van der Waals surface area contributed by atoms with Gasteiger partial charge in [0.05, 0.1) is 5.41 Å². The molecule has 3 aliphatic heterocycles. The van der Waals surface area contributed by atoms with Crippen molar-refractivity contribution in [3.8, 4) is 0 Å². The van der Waals surface area contributed by atoms with Gasteiger partial charge in [-0.1, -0.05) is 13.3 Å². The molecule has 180 valence electrons. The summed E-state index contributed by atoms with van der Waals surface area (Å²) in [6, 6.07) is 0.521. The molecular formula is C23H35N7O2S. The van der Waals surface area contributed by atoms with Crippen molar-refractivity contribution >= 4 is 28.8 Å². The Morgan fingerprint density at radius 2 is 1.82 bits per heavy atom. The van der Waals surface area contributed by atoms with Crippen molar-refractivity contribution < 1.29 is 9.00 Å². The average molecular weight is 474 g/mol. The van der Waals surface area contributed by atoms with E-state index in [4.69, 9.17) is 4.98 Å². The van der Waals surface area contributed by atoms with E-state index in [9.17, 15) is 9.00 Å². The number of nitrogens with one attached hydrogen (secondary N) is 2. The minimum Gasteiger partial charge on any atom is -0.351 e. The summed E-state index contributed by atoms with van der Waals surface area (Å²) in [4.78, 5) is 25.0. The standard InChI is InChI=1S/C23H35N7O2S/c1-16-3-2-4-19(16)30-20-18(23(7-8-23)21(30)31)15-25-22(27-20)26-17-5-11-28(12-6-17)33(32)29-13-9-24-10-14-29/h15-17,19,24H,2-14H2,1H3,(H,25,26,27). The number of amides is 1. The second kappa shape index (κ2) is 8.55. The third-order valence-electron chi connectivity index (χ3n) is 8.34. The van der Waals surface area contributed by atoms with E-state index in [0.717, 1.165) is 82.8 Å². The maximum Gasteiger partial charge on any atom is 0.239 e. The van der Waals surface area contributed by atoms with Crippen LogP contribution in [0.5, 0.6) is 0 Å². The highest BCUT2D eigenvalue weighted by molar-refractivity contribution is 7.80. The fourth-order valence-electron chi connectivity index (χ4n) is 6.13. The van der Waals surface area contributed by atoms with Crippen LogP contribution in [0.1, 0.15) is 57.4 Å². The van der Waals surface area contributed by atoms with E-state index < -0.39 is 11.2 Å². The second-order valence-electron chi connectivity index (χ2n) is 10.4. The fourth-order valence-corrected chi connectivity index (χ4v) is 7.48. The molecule has 0 radical (unpaired) electrons. The van der Waals surface area contributed by atoms with E-state index in [1.165, 1.54) is 12.8 Å². The summed E-state index contributed by atoms with van der Waals surface area (Å²) in [5, 5.41) is 6.84. The Balaban J connectivity index is 1.13. The number of anilines is 2. The monoisotopic (exact) mass is 473 g/mol. The van der Waals surface area contributed by atoms with Gasteiger partial charge in [-0.2, -0.15) is 4.98 Å². The number of aromatic nitrogens is 2. The van der Waals surface area contributed by atoms with Crippen molar-refractivity contribution in [2.75, 3.05) is 49.5 Å². The van der Waals surface area contributed by atoms with E-state index in [1.54, 1.807) is 0 Å². The summed E-state index contributed by atoms with van der Waals surface area (Å²) in [6.45, 7) is 7.34. The Labute approximate surface area is 198 Å². The number of fused-ring (bicyclic) bond motifs is 2. The topological polar surface area (TPSA) is 93.7 Å². The molecule has 33 heavy (non-hydrogen) atoms. The molecule has 0 bridgehead atoms. The predicted molar refractivity (Wildman–Crippen MR) is 128 cm³/mol. The molecule has 2 saturated heterocycles. The highest BCUT2D eigenvalue weighted by Gasteiger charge is 2.61. The van der Waals surface area contributed by atoms with Crippen LogP contribution in [0.25, 0.3) is 0 Å². The van der Waals surface area contributed by atoms with Crippen molar-refractivity contribution in [2.45, 2.75) is 69.4 Å². The maximum atomic E-state index is 13.4. The molecule has 2 saturated carbocycles. The van der Waals surface area contributed by atoms with Crippen molar-refractivity contribution in [3.05, 3.63) is 11.8 Å². The normalized spacial score (nSPS) is 31.2. The lowest BCUT2D eigenvalue weighted by Crippen LogP contribution is -2.51. The Hall–Kier alpha value is -1.62. The molecule has 5 aliphatic rings. The van der Waals surface area contributed by atoms with E-state index >= 15 is 0 Å². The Bertz CT molecular complexity index is 941. The van der Waals surface area contributed by atoms with Crippen molar-refractivity contribution in [2.24, 2.45) is 5.92 Å². The zero-order chi connectivity index (χ0) is 22.6. The van der Waals surface area contributed by atoms with Crippen LogP contribution in [0.2, 0.25) is 0 Å². The van der Waals surface area contributed by atoms with Crippen LogP contribution in [0.3, 0.4) is 0 Å². The lowest BCUT2D eigenvalue weighted by Gasteiger charge is -2.35. The van der Waals surface area contributed by atoms with Gasteiger partial charge in [-0.25, -0.2) is 17.8 Å². The minimum absolute atomic E-state index is 0.255. The van der Waals surface area contributed by atoms with Gasteiger partial charge in [0.1, 0.15) is 5.82 Å². The molecule has 6 rings (SSSR count). The number of piperazine rings is 1. The predicted octanol–water partition coefficient (Wildman–Crippen LogP) is 1.40. The fraction of sp³-hybridized carbons (Fsp3) is 0.783. The third kappa shape index (κ3) is 3.79. The van der Waals surface area contributed by atoms with Crippen LogP contribution in [-0.2, 0) is 21.4 Å². The summed E-state index contributed by atoms with van der Waals surface area (Å²) in [5.41, 5.74) is 0.702. The van der Waals surface area contributed by atoms with Gasteiger partial charge in [0.25, 0.3) is 0 Å². The van der Waals surface area contributed by atoms with Crippen LogP contribution < -0.4 is 15.5 Å². The van der Waals surface area contributed by atoms with Gasteiger partial charge in [-0.15, -0.1) is 0 Å². The molecule has 4 heterocycles. The molecule has 0 aromatic carbocycles. The van der Waals surface area contributed by atoms with Gasteiger partial charge in [0, 0.05) is 63.1 Å². The molecule has 2 N–H and O–H groups in total. The van der Waals surface area contributed by atoms with E-state index in [0.29, 0.717) is 11.9 Å². The summed E-state index contributed by atoms with van der Waals surface area (Å²) < 4.78 is 17.0. The number of hydrogen-bond acceptors (Lipinski definition) is 6. The first-order valence-electron chi connectivity index (χ1n) is 12.7. The number of nitrogens with zero attached hydrogens (tertiary/aromatic N) is 5.